The number of halogens is 2. The summed E-state index contributed by atoms with van der Waals surface area (Å²) in [4.78, 5) is 83.9. The maximum Gasteiger partial charge on any atom is 0.322 e. The van der Waals surface area contributed by atoms with Crippen LogP contribution in [-0.2, 0) is 51.3 Å². The number of hydrogen-bond donors (Lipinski definition) is 5. The first-order valence-corrected chi connectivity index (χ1v) is 37.1. The number of fused-ring (bicyclic) bond motifs is 7. The van der Waals surface area contributed by atoms with E-state index in [2.05, 4.69) is 116 Å². The van der Waals surface area contributed by atoms with Gasteiger partial charge in [-0.2, -0.15) is 0 Å². The van der Waals surface area contributed by atoms with Gasteiger partial charge in [0.1, 0.15) is 52.0 Å². The van der Waals surface area contributed by atoms with E-state index in [-0.39, 0.29) is 48.2 Å². The number of likely N-dealkylation sites (N-methyl/N-ethyl adjacent to an activating group) is 2. The summed E-state index contributed by atoms with van der Waals surface area (Å²) in [6.07, 6.45) is 13.5. The van der Waals surface area contributed by atoms with Crippen LogP contribution in [0.2, 0.25) is 0 Å². The Morgan fingerprint density at radius 2 is 1.18 bits per heavy atom. The molecule has 9 heterocycles. The lowest BCUT2D eigenvalue weighted by atomic mass is 9.47. The Labute approximate surface area is 611 Å². The molecule has 2 spiro atoms. The minimum absolute atomic E-state index is 0.00822. The topological polar surface area (TPSA) is 228 Å². The van der Waals surface area contributed by atoms with Crippen molar-refractivity contribution in [3.05, 3.63) is 190 Å². The highest BCUT2D eigenvalue weighted by atomic mass is 19.1. The van der Waals surface area contributed by atoms with Crippen LogP contribution in [0.5, 0.6) is 11.5 Å². The van der Waals surface area contributed by atoms with Gasteiger partial charge in [0.05, 0.1) is 46.5 Å². The van der Waals surface area contributed by atoms with Crippen LogP contribution in [-0.4, -0.2) is 202 Å². The molecule has 4 fully saturated rings. The molecule has 0 radical (unpaired) electrons. The standard InChI is InChI=1S/C52H60FN5O7.C31H36FN3O5/c1-7-32-24-33-27-51(48(61)64-6,43-37(18-22-57(28-32)29-33)36-12-9-10-13-40(36)55-43)39-25-38-41(26-42(39)63-5)56(4)46-50(38)20-23-58-21-11-19-49(8-2,45(50)58)47(65-31(3)59)52(46,62)30-54-44(60)34-14-16-35(53)17-15-34;1-5-29-13-6-15-35-16-14-30(26(29)35)23-12-11-22(39-4)17-24(23)34(3)27(30)31(38,28(29)40-19(2)36)18-33-25(37)20-7-9-21(32)10-8-20/h9-17,19,24-26,33,45-47,55,62H,7-8,18,20-23,27-30H2,1-6H3,(H,54,60);6-13,17,26-28,38H,5,14-16,18H2,1-4H3,(H,33,37)/t33-,45?,46+,47+,49+,50+,51-,52-;26?,27-,28-,29-,30-,31+/m01/s1. The predicted octanol–water partition coefficient (Wildman–Crippen LogP) is 9.23. The van der Waals surface area contributed by atoms with Gasteiger partial charge in [-0.1, -0.05) is 81.0 Å². The van der Waals surface area contributed by atoms with Crippen LogP contribution in [0.3, 0.4) is 0 Å². The maximum absolute atomic E-state index is 15.4. The highest BCUT2D eigenvalue weighted by Crippen LogP contribution is 2.70. The molecule has 8 aliphatic heterocycles. The molecule has 2 bridgehead atoms. The van der Waals surface area contributed by atoms with Gasteiger partial charge in [-0.25, -0.2) is 8.78 Å². The molecule has 10 aliphatic rings. The summed E-state index contributed by atoms with van der Waals surface area (Å²) in [7, 11) is 8.64. The Hall–Kier alpha value is -8.93. The first-order valence-electron chi connectivity index (χ1n) is 37.1. The third-order valence-electron chi connectivity index (χ3n) is 26.1. The summed E-state index contributed by atoms with van der Waals surface area (Å²) in [6, 6.07) is 27.5. The second kappa shape index (κ2) is 26.5. The largest absolute Gasteiger partial charge is 0.497 e. The highest BCUT2D eigenvalue weighted by Gasteiger charge is 2.80. The quantitative estimate of drug-likeness (QED) is 0.0367. The van der Waals surface area contributed by atoms with E-state index in [1.54, 1.807) is 14.2 Å². The summed E-state index contributed by atoms with van der Waals surface area (Å²) >= 11 is 0. The minimum atomic E-state index is -1.87. The average molecular weight is 1440 g/mol. The lowest BCUT2D eigenvalue weighted by Gasteiger charge is -2.64. The van der Waals surface area contributed by atoms with E-state index in [0.29, 0.717) is 55.8 Å². The normalized spacial score (nSPS) is 32.8. The molecule has 2 aliphatic carbocycles. The van der Waals surface area contributed by atoms with Gasteiger partial charge in [0, 0.05) is 151 Å². The van der Waals surface area contributed by atoms with E-state index < -0.39 is 98.0 Å². The second-order valence-electron chi connectivity index (χ2n) is 31.0. The zero-order valence-corrected chi connectivity index (χ0v) is 61.5. The molecule has 6 aromatic rings. The molecule has 2 saturated carbocycles. The molecule has 3 unspecified atom stereocenters. The number of carbonyl (C=O) groups excluding carboxylic acids is 5. The Bertz CT molecular complexity index is 4570. The third-order valence-corrected chi connectivity index (χ3v) is 26.1. The van der Waals surface area contributed by atoms with Crippen molar-refractivity contribution in [3.63, 3.8) is 0 Å². The number of amides is 2. The van der Waals surface area contributed by atoms with Gasteiger partial charge in [-0.05, 0) is 147 Å². The Balaban J connectivity index is 0.000000189. The Kier molecular flexibility index (Phi) is 18.1. The summed E-state index contributed by atoms with van der Waals surface area (Å²) < 4.78 is 58.0. The van der Waals surface area contributed by atoms with E-state index in [9.17, 15) is 38.2 Å². The van der Waals surface area contributed by atoms with Crippen molar-refractivity contribution in [2.24, 2.45) is 16.7 Å². The second-order valence-corrected chi connectivity index (χ2v) is 31.0. The number of carbonyl (C=O) groups is 5. The maximum atomic E-state index is 15.4. The SMILES string of the molecule is CCC1=C[C@@H]2CN(CCc3c([nH]c4ccccc34)[C@@](C(=O)OC)(c3cc4c(cc3OC)N(C)[C@H]3[C@@](O)(CNC(=O)c5ccc(F)cc5)[C@H](OC(C)=O)[C@]5(CC)C=CCN6CC[C@]43C65)C2)C1.CC[C@]12C=CCN3CC[C@@]4(c5ccc(OC)cc5N(C)[C@H]4[C@@](O)(CNC(=O)c4ccc(F)cc4)[C@@H]1OC(C)=O)C32. The van der Waals surface area contributed by atoms with Crippen molar-refractivity contribution in [1.82, 2.24) is 30.3 Å². The number of aromatic amines is 1. The average Bonchev–Trinajstić information content (AvgIpc) is 1.47. The summed E-state index contributed by atoms with van der Waals surface area (Å²) in [5.74, 6) is -2.03. The molecule has 5 aromatic carbocycles. The number of benzene rings is 5. The van der Waals surface area contributed by atoms with E-state index in [0.717, 1.165) is 96.6 Å². The van der Waals surface area contributed by atoms with Crippen LogP contribution in [0.4, 0.5) is 20.2 Å². The van der Waals surface area contributed by atoms with Gasteiger partial charge in [0.2, 0.25) is 0 Å². The highest BCUT2D eigenvalue weighted by molar-refractivity contribution is 5.96. The molecular formula is C83H96F2N8O12. The fourth-order valence-electron chi connectivity index (χ4n) is 22.5. The third kappa shape index (κ3) is 10.6. The van der Waals surface area contributed by atoms with E-state index in [1.165, 1.54) is 75.1 Å². The molecule has 2 saturated heterocycles. The number of ether oxygens (including phenoxy) is 5. The van der Waals surface area contributed by atoms with Gasteiger partial charge in [0.25, 0.3) is 11.8 Å². The number of aliphatic hydroxyl groups is 2. The number of hydrogen-bond acceptors (Lipinski definition) is 17. The van der Waals surface area contributed by atoms with Crippen LogP contribution >= 0.6 is 0 Å². The molecule has 15 atom stereocenters. The number of nitrogens with one attached hydrogen (secondary N) is 3. The van der Waals surface area contributed by atoms with Crippen LogP contribution in [0.25, 0.3) is 10.9 Å². The van der Waals surface area contributed by atoms with E-state index >= 15 is 4.79 Å². The van der Waals surface area contributed by atoms with Gasteiger partial charge in [-0.15, -0.1) is 0 Å². The molecule has 22 heteroatoms. The molecule has 2 amide bonds. The Morgan fingerprint density at radius 3 is 1.70 bits per heavy atom. The molecule has 20 nitrogen and oxygen atoms in total. The molecule has 5 N–H and O–H groups in total. The number of rotatable bonds is 15. The molecule has 1 aromatic heterocycles. The summed E-state index contributed by atoms with van der Waals surface area (Å²) in [6.45, 7) is 14.1. The zero-order chi connectivity index (χ0) is 74.1. The number of methoxy groups -OCH3 is 3. The number of H-pyrrole nitrogens is 1. The molecule has 554 valence electrons. The summed E-state index contributed by atoms with van der Waals surface area (Å²) in [5.41, 5.74) is 1.43. The van der Waals surface area contributed by atoms with Gasteiger partial charge in [-0.3, -0.25) is 38.7 Å². The first kappa shape index (κ1) is 71.7. The van der Waals surface area contributed by atoms with Crippen molar-refractivity contribution in [2.45, 2.75) is 143 Å². The molecular weight excluding hydrogens is 1340 g/mol. The van der Waals surface area contributed by atoms with Gasteiger partial charge < -0.3 is 59.3 Å². The van der Waals surface area contributed by atoms with E-state index in [1.807, 2.05) is 44.4 Å². The van der Waals surface area contributed by atoms with Crippen molar-refractivity contribution in [2.75, 3.05) is 104 Å². The number of anilines is 2. The number of esters is 3. The van der Waals surface area contributed by atoms with Crippen LogP contribution in [0.1, 0.15) is 122 Å². The summed E-state index contributed by atoms with van der Waals surface area (Å²) in [5, 5.41) is 33.9. The van der Waals surface area contributed by atoms with Crippen molar-refractivity contribution in [1.29, 1.82) is 0 Å². The van der Waals surface area contributed by atoms with Crippen molar-refractivity contribution >= 4 is 52.0 Å². The van der Waals surface area contributed by atoms with Crippen LogP contribution in [0, 0.1) is 28.4 Å². The number of nitrogens with zero attached hydrogens (tertiary/aromatic N) is 5. The lowest BCUT2D eigenvalue weighted by Crippen LogP contribution is -2.81. The monoisotopic (exact) mass is 1430 g/mol. The van der Waals surface area contributed by atoms with Crippen LogP contribution < -0.4 is 29.9 Å². The van der Waals surface area contributed by atoms with Gasteiger partial charge >= 0.3 is 17.9 Å². The molecule has 105 heavy (non-hydrogen) atoms. The van der Waals surface area contributed by atoms with Crippen LogP contribution in [0.15, 0.2) is 139 Å². The van der Waals surface area contributed by atoms with Crippen molar-refractivity contribution < 1.29 is 66.7 Å². The lowest BCUT2D eigenvalue weighted by molar-refractivity contribution is -0.216. The van der Waals surface area contributed by atoms with Crippen molar-refractivity contribution in [3.8, 4) is 11.5 Å². The first-order chi connectivity index (χ1) is 50.4. The minimum Gasteiger partial charge on any atom is -0.497 e. The fourth-order valence-corrected chi connectivity index (χ4v) is 22.5. The number of para-hydroxylation sites is 1. The van der Waals surface area contributed by atoms with E-state index in [4.69, 9.17) is 23.7 Å². The smallest absolute Gasteiger partial charge is 0.322 e. The predicted molar refractivity (Wildman–Crippen MR) is 394 cm³/mol. The zero-order valence-electron chi connectivity index (χ0n) is 61.5. The van der Waals surface area contributed by atoms with Gasteiger partial charge in [0.15, 0.2) is 0 Å². The fraction of sp³-hybridized carbons (Fsp3) is 0.482. The molecule has 16 rings (SSSR count). The number of aromatic nitrogens is 1. The Morgan fingerprint density at radius 1 is 0.638 bits per heavy atom.